The lowest BCUT2D eigenvalue weighted by Gasteiger charge is -2.49. The minimum absolute atomic E-state index is 0.121. The van der Waals surface area contributed by atoms with Crippen molar-refractivity contribution in [3.8, 4) is 0 Å². The molecule has 2 heteroatoms. The number of likely N-dealkylation sites (N-methyl/N-ethyl adjacent to an activating group) is 1. The van der Waals surface area contributed by atoms with Gasteiger partial charge in [-0.05, 0) is 70.0 Å². The minimum atomic E-state index is -0.508. The van der Waals surface area contributed by atoms with E-state index in [1.165, 1.54) is 16.3 Å². The van der Waals surface area contributed by atoms with E-state index in [4.69, 9.17) is 0 Å². The van der Waals surface area contributed by atoms with Gasteiger partial charge in [0, 0.05) is 11.5 Å². The highest BCUT2D eigenvalue weighted by atomic mass is 16.3. The molecule has 1 atom stereocenters. The first kappa shape index (κ1) is 16.5. The third-order valence-electron chi connectivity index (χ3n) is 6.12. The van der Waals surface area contributed by atoms with Gasteiger partial charge < -0.3 is 10.0 Å². The van der Waals surface area contributed by atoms with Gasteiger partial charge in [0.2, 0.25) is 0 Å². The van der Waals surface area contributed by atoms with Crippen LogP contribution in [0.3, 0.4) is 0 Å². The summed E-state index contributed by atoms with van der Waals surface area (Å²) in [7, 11) is 4.33. The SMILES string of the molecule is CC(N(C)C)C1(c2ccc3ccccc3c2)CCC(C)(O)CC1. The molecule has 0 aromatic heterocycles. The van der Waals surface area contributed by atoms with Gasteiger partial charge in [0.1, 0.15) is 0 Å². The van der Waals surface area contributed by atoms with Crippen LogP contribution in [0.1, 0.15) is 45.1 Å². The highest BCUT2D eigenvalue weighted by Gasteiger charge is 2.44. The van der Waals surface area contributed by atoms with Crippen LogP contribution in [0, 0.1) is 0 Å². The Hall–Kier alpha value is -1.38. The molecule has 2 aromatic rings. The summed E-state index contributed by atoms with van der Waals surface area (Å²) in [6.45, 7) is 4.31. The molecule has 0 radical (unpaired) electrons. The van der Waals surface area contributed by atoms with Crippen LogP contribution in [-0.4, -0.2) is 35.7 Å². The molecule has 1 fully saturated rings. The number of rotatable bonds is 3. The van der Waals surface area contributed by atoms with Gasteiger partial charge in [0.25, 0.3) is 0 Å². The van der Waals surface area contributed by atoms with Gasteiger partial charge >= 0.3 is 0 Å². The fraction of sp³-hybridized carbons (Fsp3) is 0.524. The molecule has 0 heterocycles. The Bertz CT molecular complexity index is 679. The van der Waals surface area contributed by atoms with Crippen molar-refractivity contribution >= 4 is 10.8 Å². The second kappa shape index (κ2) is 5.92. The molecule has 2 aromatic carbocycles. The predicted molar refractivity (Wildman–Crippen MR) is 97.9 cm³/mol. The summed E-state index contributed by atoms with van der Waals surface area (Å²) in [6, 6.07) is 16.0. The normalized spacial score (nSPS) is 29.8. The summed E-state index contributed by atoms with van der Waals surface area (Å²) < 4.78 is 0. The van der Waals surface area contributed by atoms with Gasteiger partial charge in [0.15, 0.2) is 0 Å². The van der Waals surface area contributed by atoms with E-state index in [9.17, 15) is 5.11 Å². The minimum Gasteiger partial charge on any atom is -0.390 e. The first-order valence-electron chi connectivity index (χ1n) is 8.72. The summed E-state index contributed by atoms with van der Waals surface area (Å²) in [5.41, 5.74) is 1.04. The first-order chi connectivity index (χ1) is 10.8. The maximum atomic E-state index is 10.4. The number of hydrogen-bond acceptors (Lipinski definition) is 2. The lowest BCUT2D eigenvalue weighted by atomic mass is 9.62. The molecule has 124 valence electrons. The van der Waals surface area contributed by atoms with Crippen LogP contribution >= 0.6 is 0 Å². The number of aliphatic hydroxyl groups is 1. The molecule has 1 unspecified atom stereocenters. The van der Waals surface area contributed by atoms with E-state index >= 15 is 0 Å². The highest BCUT2D eigenvalue weighted by Crippen LogP contribution is 2.47. The third kappa shape index (κ3) is 3.02. The van der Waals surface area contributed by atoms with Gasteiger partial charge in [-0.3, -0.25) is 0 Å². The van der Waals surface area contributed by atoms with Crippen molar-refractivity contribution in [3.63, 3.8) is 0 Å². The Labute approximate surface area is 140 Å². The van der Waals surface area contributed by atoms with E-state index in [1.807, 2.05) is 6.92 Å². The molecule has 1 aliphatic rings. The van der Waals surface area contributed by atoms with Crippen molar-refractivity contribution in [2.45, 2.75) is 56.6 Å². The van der Waals surface area contributed by atoms with Crippen molar-refractivity contribution in [3.05, 3.63) is 48.0 Å². The lowest BCUT2D eigenvalue weighted by molar-refractivity contribution is -0.0147. The van der Waals surface area contributed by atoms with E-state index < -0.39 is 5.60 Å². The van der Waals surface area contributed by atoms with Crippen LogP contribution in [0.4, 0.5) is 0 Å². The smallest absolute Gasteiger partial charge is 0.0620 e. The zero-order valence-electron chi connectivity index (χ0n) is 14.8. The summed E-state index contributed by atoms with van der Waals surface area (Å²) >= 11 is 0. The molecule has 1 aliphatic carbocycles. The standard InChI is InChI=1S/C21H29NO/c1-16(22(3)4)21(13-11-20(2,23)12-14-21)19-10-9-17-7-5-6-8-18(17)15-19/h5-10,15-16,23H,11-14H2,1-4H3. The van der Waals surface area contributed by atoms with Gasteiger partial charge in [0.05, 0.1) is 5.60 Å². The summed E-state index contributed by atoms with van der Waals surface area (Å²) in [5.74, 6) is 0. The zero-order valence-corrected chi connectivity index (χ0v) is 14.8. The van der Waals surface area contributed by atoms with Crippen LogP contribution < -0.4 is 0 Å². The molecule has 0 aliphatic heterocycles. The molecular weight excluding hydrogens is 282 g/mol. The van der Waals surface area contributed by atoms with Gasteiger partial charge in [-0.1, -0.05) is 42.5 Å². The Morgan fingerprint density at radius 1 is 0.957 bits per heavy atom. The van der Waals surface area contributed by atoms with Crippen molar-refractivity contribution in [2.75, 3.05) is 14.1 Å². The molecule has 0 amide bonds. The quantitative estimate of drug-likeness (QED) is 0.911. The van der Waals surface area contributed by atoms with Crippen molar-refractivity contribution in [2.24, 2.45) is 0 Å². The molecule has 2 nitrogen and oxygen atoms in total. The maximum absolute atomic E-state index is 10.4. The van der Waals surface area contributed by atoms with Crippen molar-refractivity contribution in [1.82, 2.24) is 4.90 Å². The lowest BCUT2D eigenvalue weighted by Crippen LogP contribution is -2.50. The van der Waals surface area contributed by atoms with E-state index in [-0.39, 0.29) is 5.41 Å². The van der Waals surface area contributed by atoms with Crippen molar-refractivity contribution < 1.29 is 5.11 Å². The molecule has 1 N–H and O–H groups in total. The molecular formula is C21H29NO. The molecule has 23 heavy (non-hydrogen) atoms. The second-order valence-electron chi connectivity index (χ2n) is 7.85. The predicted octanol–water partition coefficient (Wildman–Crippen LogP) is 4.35. The van der Waals surface area contributed by atoms with Gasteiger partial charge in [-0.2, -0.15) is 0 Å². The van der Waals surface area contributed by atoms with E-state index in [0.717, 1.165) is 25.7 Å². The van der Waals surface area contributed by atoms with Crippen LogP contribution in [-0.2, 0) is 5.41 Å². The highest BCUT2D eigenvalue weighted by molar-refractivity contribution is 5.83. The Kier molecular flexibility index (Phi) is 4.24. The summed E-state index contributed by atoms with van der Waals surface area (Å²) in [4.78, 5) is 2.33. The second-order valence-corrected chi connectivity index (χ2v) is 7.85. The van der Waals surface area contributed by atoms with Crippen molar-refractivity contribution in [1.29, 1.82) is 0 Å². The largest absolute Gasteiger partial charge is 0.390 e. The third-order valence-corrected chi connectivity index (χ3v) is 6.12. The van der Waals surface area contributed by atoms with Gasteiger partial charge in [-0.15, -0.1) is 0 Å². The Morgan fingerprint density at radius 3 is 2.17 bits per heavy atom. The van der Waals surface area contributed by atoms with Crippen LogP contribution in [0.15, 0.2) is 42.5 Å². The number of fused-ring (bicyclic) bond motifs is 1. The fourth-order valence-electron chi connectivity index (χ4n) is 4.18. The fourth-order valence-corrected chi connectivity index (χ4v) is 4.18. The number of nitrogens with zero attached hydrogens (tertiary/aromatic N) is 1. The van der Waals surface area contributed by atoms with Crippen LogP contribution in [0.5, 0.6) is 0 Å². The first-order valence-corrected chi connectivity index (χ1v) is 8.72. The maximum Gasteiger partial charge on any atom is 0.0620 e. The average molecular weight is 311 g/mol. The van der Waals surface area contributed by atoms with Crippen LogP contribution in [0.25, 0.3) is 10.8 Å². The summed E-state index contributed by atoms with van der Waals surface area (Å²) in [6.07, 6.45) is 3.82. The molecule has 1 saturated carbocycles. The molecule has 3 rings (SSSR count). The van der Waals surface area contributed by atoms with Crippen LogP contribution in [0.2, 0.25) is 0 Å². The average Bonchev–Trinajstić information content (AvgIpc) is 2.54. The summed E-state index contributed by atoms with van der Waals surface area (Å²) in [5, 5.41) is 13.0. The van der Waals surface area contributed by atoms with E-state index in [2.05, 4.69) is 68.4 Å². The van der Waals surface area contributed by atoms with Gasteiger partial charge in [-0.25, -0.2) is 0 Å². The molecule has 0 saturated heterocycles. The topological polar surface area (TPSA) is 23.5 Å². The zero-order chi connectivity index (χ0) is 16.7. The van der Waals surface area contributed by atoms with E-state index in [1.54, 1.807) is 0 Å². The number of benzene rings is 2. The Morgan fingerprint density at radius 2 is 1.57 bits per heavy atom. The number of hydrogen-bond donors (Lipinski definition) is 1. The Balaban J connectivity index is 2.06. The monoisotopic (exact) mass is 311 g/mol. The van der Waals surface area contributed by atoms with E-state index in [0.29, 0.717) is 6.04 Å². The molecule has 0 bridgehead atoms. The molecule has 0 spiro atoms.